The minimum Gasteiger partial charge on any atom is -0.274 e. The first-order valence-corrected chi connectivity index (χ1v) is 8.95. The molecule has 2 aliphatic carbocycles. The Bertz CT molecular complexity index is 650. The van der Waals surface area contributed by atoms with Gasteiger partial charge in [0.2, 0.25) is 5.91 Å². The summed E-state index contributed by atoms with van der Waals surface area (Å²) >= 11 is 0. The predicted molar refractivity (Wildman–Crippen MR) is 76.9 cm³/mol. The van der Waals surface area contributed by atoms with Crippen molar-refractivity contribution in [2.24, 2.45) is 17.8 Å². The van der Waals surface area contributed by atoms with Crippen molar-refractivity contribution in [3.63, 3.8) is 0 Å². The number of rotatable bonds is 5. The summed E-state index contributed by atoms with van der Waals surface area (Å²) in [5.74, 6) is 1.42. The molecule has 2 aliphatic rings. The lowest BCUT2D eigenvalue weighted by Gasteiger charge is -2.11. The molecule has 3 atom stereocenters. The van der Waals surface area contributed by atoms with Gasteiger partial charge in [-0.15, -0.1) is 0 Å². The molecule has 3 rings (SSSR count). The summed E-state index contributed by atoms with van der Waals surface area (Å²) in [6.07, 6.45) is 6.50. The van der Waals surface area contributed by atoms with E-state index < -0.39 is 15.9 Å². The average Bonchev–Trinajstić information content (AvgIpc) is 2.83. The average molecular weight is 311 g/mol. The van der Waals surface area contributed by atoms with E-state index >= 15 is 0 Å². The molecule has 1 heterocycles. The fraction of sp³-hybridized carbons (Fsp3) is 0.714. The summed E-state index contributed by atoms with van der Waals surface area (Å²) < 4.78 is 28.0. The van der Waals surface area contributed by atoms with Crippen LogP contribution in [0.1, 0.15) is 45.6 Å². The van der Waals surface area contributed by atoms with E-state index in [0.717, 1.165) is 12.3 Å². The van der Waals surface area contributed by atoms with E-state index in [1.807, 2.05) is 13.8 Å². The molecule has 0 aromatic carbocycles. The normalized spacial score (nSPS) is 27.7. The summed E-state index contributed by atoms with van der Waals surface area (Å²) in [5.41, 5.74) is 0. The Balaban J connectivity index is 1.63. The molecule has 6 nitrogen and oxygen atoms in total. The maximum absolute atomic E-state index is 12.2. The zero-order valence-corrected chi connectivity index (χ0v) is 13.1. The van der Waals surface area contributed by atoms with Crippen LogP contribution in [0, 0.1) is 17.8 Å². The monoisotopic (exact) mass is 311 g/mol. The maximum atomic E-state index is 12.2. The van der Waals surface area contributed by atoms with Crippen LogP contribution in [0.15, 0.2) is 17.3 Å². The maximum Gasteiger partial charge on any atom is 0.267 e. The van der Waals surface area contributed by atoms with Crippen LogP contribution in [0.25, 0.3) is 0 Å². The van der Waals surface area contributed by atoms with E-state index in [1.165, 1.54) is 25.2 Å². The third-order valence-corrected chi connectivity index (χ3v) is 5.93. The second kappa shape index (κ2) is 5.12. The molecule has 0 aliphatic heterocycles. The van der Waals surface area contributed by atoms with Crippen LogP contribution >= 0.6 is 0 Å². The molecule has 0 spiro atoms. The van der Waals surface area contributed by atoms with Gasteiger partial charge in [0.15, 0.2) is 0 Å². The van der Waals surface area contributed by atoms with Crippen LogP contribution in [0.4, 0.5) is 0 Å². The van der Waals surface area contributed by atoms with Gasteiger partial charge in [-0.25, -0.2) is 13.1 Å². The first kappa shape index (κ1) is 14.6. The number of carbonyl (C=O) groups is 1. The topological polar surface area (TPSA) is 81.1 Å². The van der Waals surface area contributed by atoms with Crippen molar-refractivity contribution in [3.8, 4) is 0 Å². The lowest BCUT2D eigenvalue weighted by atomic mass is 9.99. The molecular weight excluding hydrogens is 290 g/mol. The fourth-order valence-electron chi connectivity index (χ4n) is 3.31. The molecule has 2 saturated carbocycles. The van der Waals surface area contributed by atoms with Crippen LogP contribution in [0.3, 0.4) is 0 Å². The number of hydrogen-bond acceptors (Lipinski definition) is 4. The van der Waals surface area contributed by atoms with Gasteiger partial charge in [0.1, 0.15) is 4.90 Å². The van der Waals surface area contributed by atoms with E-state index in [2.05, 4.69) is 9.82 Å². The summed E-state index contributed by atoms with van der Waals surface area (Å²) in [6.45, 7) is 3.82. The van der Waals surface area contributed by atoms with Crippen molar-refractivity contribution in [2.45, 2.75) is 50.5 Å². The number of nitrogens with zero attached hydrogens (tertiary/aromatic N) is 2. The van der Waals surface area contributed by atoms with Gasteiger partial charge < -0.3 is 0 Å². The Morgan fingerprint density at radius 1 is 1.48 bits per heavy atom. The van der Waals surface area contributed by atoms with E-state index in [-0.39, 0.29) is 10.9 Å². The van der Waals surface area contributed by atoms with Gasteiger partial charge in [0, 0.05) is 18.7 Å². The van der Waals surface area contributed by atoms with Crippen LogP contribution in [0.5, 0.6) is 0 Å². The highest BCUT2D eigenvalue weighted by Crippen LogP contribution is 2.56. The Labute approximate surface area is 125 Å². The summed E-state index contributed by atoms with van der Waals surface area (Å²) in [5, 5.41) is 4.00. The van der Waals surface area contributed by atoms with Gasteiger partial charge in [-0.2, -0.15) is 5.10 Å². The largest absolute Gasteiger partial charge is 0.274 e. The van der Waals surface area contributed by atoms with Gasteiger partial charge in [-0.05, 0) is 50.9 Å². The summed E-state index contributed by atoms with van der Waals surface area (Å²) in [4.78, 5) is 12.0. The molecule has 3 unspecified atom stereocenters. The molecule has 0 saturated heterocycles. The molecule has 0 bridgehead atoms. The Morgan fingerprint density at radius 3 is 2.76 bits per heavy atom. The Kier molecular flexibility index (Phi) is 3.55. The van der Waals surface area contributed by atoms with Crippen LogP contribution in [0.2, 0.25) is 0 Å². The lowest BCUT2D eigenvalue weighted by molar-refractivity contribution is -0.120. The number of fused-ring (bicyclic) bond motifs is 1. The number of hydrogen-bond donors (Lipinski definition) is 1. The number of aromatic nitrogens is 2. The van der Waals surface area contributed by atoms with E-state index in [9.17, 15) is 13.2 Å². The smallest absolute Gasteiger partial charge is 0.267 e. The highest BCUT2D eigenvalue weighted by Gasteiger charge is 2.48. The molecule has 116 valence electrons. The van der Waals surface area contributed by atoms with Crippen molar-refractivity contribution < 1.29 is 13.2 Å². The van der Waals surface area contributed by atoms with Gasteiger partial charge in [0.05, 0.1) is 6.20 Å². The second-order valence-electron chi connectivity index (χ2n) is 6.48. The third-order valence-electron chi connectivity index (χ3n) is 4.60. The fourth-order valence-corrected chi connectivity index (χ4v) is 4.24. The van der Waals surface area contributed by atoms with Crippen molar-refractivity contribution in [2.75, 3.05) is 0 Å². The summed E-state index contributed by atoms with van der Waals surface area (Å²) in [6, 6.07) is 0.0786. The minimum atomic E-state index is -3.80. The van der Waals surface area contributed by atoms with E-state index in [4.69, 9.17) is 0 Å². The van der Waals surface area contributed by atoms with Crippen molar-refractivity contribution >= 4 is 15.9 Å². The van der Waals surface area contributed by atoms with Crippen molar-refractivity contribution in [1.82, 2.24) is 14.5 Å². The molecule has 1 amide bonds. The molecule has 7 heteroatoms. The third kappa shape index (κ3) is 2.97. The van der Waals surface area contributed by atoms with Crippen molar-refractivity contribution in [1.29, 1.82) is 0 Å². The molecule has 21 heavy (non-hydrogen) atoms. The van der Waals surface area contributed by atoms with Crippen molar-refractivity contribution in [3.05, 3.63) is 12.4 Å². The summed E-state index contributed by atoms with van der Waals surface area (Å²) in [7, 11) is -3.80. The molecule has 0 radical (unpaired) electrons. The second-order valence-corrected chi connectivity index (χ2v) is 8.16. The number of carbonyl (C=O) groups excluding carboxylic acids is 1. The molecule has 1 aromatic rings. The van der Waals surface area contributed by atoms with Gasteiger partial charge in [-0.1, -0.05) is 0 Å². The van der Waals surface area contributed by atoms with Gasteiger partial charge in [-0.3, -0.25) is 9.48 Å². The predicted octanol–water partition coefficient (Wildman–Crippen LogP) is 1.71. The Hall–Kier alpha value is -1.37. The van der Waals surface area contributed by atoms with Crippen LogP contribution in [-0.4, -0.2) is 24.1 Å². The highest BCUT2D eigenvalue weighted by atomic mass is 32.2. The standard InChI is InChI=1S/C14H21N3O3S/c1-9(2)17-8-12(7-15-17)21(19,20)16-14(18)6-11-4-3-10-5-13(10)11/h7-11,13H,3-6H2,1-2H3,(H,16,18). The SMILES string of the molecule is CC(C)n1cc(S(=O)(=O)NC(=O)CC2CCC3CC23)cn1. The zero-order chi connectivity index (χ0) is 15.2. The quantitative estimate of drug-likeness (QED) is 0.897. The van der Waals surface area contributed by atoms with Crippen LogP contribution in [-0.2, 0) is 14.8 Å². The Morgan fingerprint density at radius 2 is 2.24 bits per heavy atom. The lowest BCUT2D eigenvalue weighted by Crippen LogP contribution is -2.31. The molecule has 2 fully saturated rings. The number of sulfonamides is 1. The number of amides is 1. The highest BCUT2D eigenvalue weighted by molar-refractivity contribution is 7.90. The zero-order valence-electron chi connectivity index (χ0n) is 12.3. The van der Waals surface area contributed by atoms with Gasteiger partial charge >= 0.3 is 0 Å². The van der Waals surface area contributed by atoms with E-state index in [0.29, 0.717) is 18.3 Å². The molecule has 1 N–H and O–H groups in total. The van der Waals surface area contributed by atoms with E-state index in [1.54, 1.807) is 4.68 Å². The molecular formula is C14H21N3O3S. The minimum absolute atomic E-state index is 0.0419. The van der Waals surface area contributed by atoms with Crippen LogP contribution < -0.4 is 4.72 Å². The molecule has 1 aromatic heterocycles. The number of nitrogens with one attached hydrogen (secondary N) is 1. The first-order chi connectivity index (χ1) is 9.87. The van der Waals surface area contributed by atoms with Gasteiger partial charge in [0.25, 0.3) is 10.0 Å². The first-order valence-electron chi connectivity index (χ1n) is 7.46.